The third-order valence-corrected chi connectivity index (χ3v) is 6.21. The first-order chi connectivity index (χ1) is 15.1. The van der Waals surface area contributed by atoms with Gasteiger partial charge in [0.25, 0.3) is 0 Å². The van der Waals surface area contributed by atoms with Gasteiger partial charge >= 0.3 is 27.3 Å². The Morgan fingerprint density at radius 1 is 0.639 bits per heavy atom. The van der Waals surface area contributed by atoms with Crippen molar-refractivity contribution in [3.05, 3.63) is 79.1 Å². The van der Waals surface area contributed by atoms with Gasteiger partial charge in [0.2, 0.25) is 0 Å². The molecular weight excluding hydrogens is 710 g/mol. The van der Waals surface area contributed by atoms with E-state index in [0.29, 0.717) is 28.8 Å². The molecule has 188 valence electrons. The van der Waals surface area contributed by atoms with Crippen molar-refractivity contribution in [1.29, 1.82) is 0 Å². The maximum absolute atomic E-state index is 11.9. The van der Waals surface area contributed by atoms with E-state index in [-0.39, 0.29) is 54.9 Å². The fraction of sp³-hybridized carbons (Fsp3) is 0. The van der Waals surface area contributed by atoms with E-state index in [2.05, 4.69) is 15.0 Å². The normalized spacial score (nSPS) is 10.6. The van der Waals surface area contributed by atoms with Crippen LogP contribution < -0.4 is 0 Å². The SMILES string of the molecule is O.O.O=S(=O)([O-])c1ccc(-c2cc(-c3ccccn3)nc(-c3ccccn3)c2)c(S(=O)(=O)[O-])c1.[OH3+].[Pb+2]. The van der Waals surface area contributed by atoms with Crippen LogP contribution in [0.1, 0.15) is 0 Å². The summed E-state index contributed by atoms with van der Waals surface area (Å²) in [6, 6.07) is 16.0. The van der Waals surface area contributed by atoms with Gasteiger partial charge in [-0.05, 0) is 59.7 Å². The van der Waals surface area contributed by atoms with E-state index in [9.17, 15) is 25.9 Å². The molecule has 0 bridgehead atoms. The topological polar surface area (TPSA) is 249 Å². The minimum atomic E-state index is -5.12. The van der Waals surface area contributed by atoms with Crippen LogP contribution in [0.15, 0.2) is 88.9 Å². The third-order valence-electron chi connectivity index (χ3n) is 4.50. The molecule has 0 aliphatic heterocycles. The summed E-state index contributed by atoms with van der Waals surface area (Å²) in [6.07, 6.45) is 3.12. The van der Waals surface area contributed by atoms with Crippen molar-refractivity contribution in [1.82, 2.24) is 15.0 Å². The van der Waals surface area contributed by atoms with Gasteiger partial charge in [0.1, 0.15) is 20.2 Å². The van der Waals surface area contributed by atoms with Gasteiger partial charge in [-0.15, -0.1) is 0 Å². The molecule has 4 aromatic rings. The molecule has 0 fully saturated rings. The van der Waals surface area contributed by atoms with Crippen molar-refractivity contribution in [3.63, 3.8) is 0 Å². The molecule has 36 heavy (non-hydrogen) atoms. The Morgan fingerprint density at radius 2 is 1.14 bits per heavy atom. The van der Waals surface area contributed by atoms with Crippen LogP contribution in [0.2, 0.25) is 0 Å². The average molecular weight is 730 g/mol. The van der Waals surface area contributed by atoms with E-state index in [0.717, 1.165) is 12.1 Å². The van der Waals surface area contributed by atoms with Crippen molar-refractivity contribution in [3.8, 4) is 33.9 Å². The summed E-state index contributed by atoms with van der Waals surface area (Å²) in [5, 5.41) is 0. The van der Waals surface area contributed by atoms with Gasteiger partial charge in [-0.3, -0.25) is 9.97 Å². The van der Waals surface area contributed by atoms with Gasteiger partial charge in [0.15, 0.2) is 0 Å². The second kappa shape index (κ2) is 13.0. The van der Waals surface area contributed by atoms with E-state index in [1.165, 1.54) is 12.1 Å². The van der Waals surface area contributed by atoms with Gasteiger partial charge in [0.05, 0.1) is 32.6 Å². The summed E-state index contributed by atoms with van der Waals surface area (Å²) < 4.78 is 69.8. The number of rotatable bonds is 5. The van der Waals surface area contributed by atoms with Gasteiger partial charge in [-0.2, -0.15) is 0 Å². The summed E-state index contributed by atoms with van der Waals surface area (Å²) in [4.78, 5) is 11.4. The van der Waals surface area contributed by atoms with Gasteiger partial charge in [0, 0.05) is 12.4 Å². The second-order valence-corrected chi connectivity index (χ2v) is 9.35. The van der Waals surface area contributed by atoms with Crippen LogP contribution in [0.5, 0.6) is 0 Å². The Bertz CT molecular complexity index is 1460. The Labute approximate surface area is 226 Å². The van der Waals surface area contributed by atoms with Crippen molar-refractivity contribution >= 4 is 47.5 Å². The zero-order chi connectivity index (χ0) is 22.9. The predicted octanol–water partition coefficient (Wildman–Crippen LogP) is -0.271. The number of pyridine rings is 3. The Hall–Kier alpha value is -2.71. The summed E-state index contributed by atoms with van der Waals surface area (Å²) >= 11 is 0. The average Bonchev–Trinajstić information content (AvgIpc) is 2.78. The first kappa shape index (κ1) is 33.3. The quantitative estimate of drug-likeness (QED) is 0.149. The van der Waals surface area contributed by atoms with Crippen LogP contribution in [0.4, 0.5) is 0 Å². The number of aromatic nitrogens is 3. The molecule has 0 spiro atoms. The molecule has 4 rings (SSSR count). The largest absolute Gasteiger partial charge is 2.00 e. The molecule has 3 heterocycles. The van der Waals surface area contributed by atoms with E-state index in [1.54, 1.807) is 48.8 Å². The minimum Gasteiger partial charge on any atom is -0.744 e. The Balaban J connectivity index is 0.00000306. The third kappa shape index (κ3) is 7.40. The van der Waals surface area contributed by atoms with Crippen molar-refractivity contribution < 1.29 is 42.4 Å². The molecule has 0 aliphatic rings. The van der Waals surface area contributed by atoms with Crippen LogP contribution in [0, 0.1) is 0 Å². The van der Waals surface area contributed by atoms with E-state index < -0.39 is 30.0 Å². The van der Waals surface area contributed by atoms with Gasteiger partial charge < -0.3 is 25.5 Å². The standard InChI is InChI=1S/C21H15N3O6S2.3H2O.Pb/c25-31(26,27)15-7-8-16(21(13-15)32(28,29)30)14-11-19(17-5-1-3-9-22-17)24-20(12-14)18-6-2-4-10-23-18;;;;/h1-13H,(H,25,26,27)(H,28,29,30);3*1H2;/q;;;;+2/p-1. The molecule has 0 atom stereocenters. The van der Waals surface area contributed by atoms with Crippen LogP contribution in [-0.4, -0.2) is 79.1 Å². The van der Waals surface area contributed by atoms with Crippen molar-refractivity contribution in [2.75, 3.05) is 0 Å². The number of benzene rings is 1. The number of hydrogen-bond donors (Lipinski definition) is 0. The van der Waals surface area contributed by atoms with E-state index in [1.807, 2.05) is 0 Å². The maximum Gasteiger partial charge on any atom is 2.00 e. The molecule has 12 nitrogen and oxygen atoms in total. The summed E-state index contributed by atoms with van der Waals surface area (Å²) in [5.41, 5.74) is 1.89. The van der Waals surface area contributed by atoms with Crippen LogP contribution in [0.3, 0.4) is 0 Å². The van der Waals surface area contributed by atoms with Gasteiger partial charge in [-0.25, -0.2) is 21.8 Å². The zero-order valence-corrected chi connectivity index (χ0v) is 23.7. The molecule has 1 aromatic carbocycles. The van der Waals surface area contributed by atoms with Crippen molar-refractivity contribution in [2.24, 2.45) is 0 Å². The van der Waals surface area contributed by atoms with Crippen LogP contribution >= 0.6 is 0 Å². The van der Waals surface area contributed by atoms with E-state index in [4.69, 9.17) is 0 Å². The molecule has 0 saturated carbocycles. The molecule has 3 aromatic heterocycles. The number of hydrogen-bond acceptors (Lipinski definition) is 9. The fourth-order valence-corrected chi connectivity index (χ4v) is 4.38. The summed E-state index contributed by atoms with van der Waals surface area (Å²) in [6.45, 7) is 0. The molecular formula is C21H20N3O9PbS2+. The predicted molar refractivity (Wildman–Crippen MR) is 130 cm³/mol. The smallest absolute Gasteiger partial charge is 0.744 e. The summed E-state index contributed by atoms with van der Waals surface area (Å²) in [7, 11) is -10.1. The number of nitrogens with zero attached hydrogens (tertiary/aromatic N) is 3. The van der Waals surface area contributed by atoms with E-state index >= 15 is 0 Å². The molecule has 0 amide bonds. The monoisotopic (exact) mass is 730 g/mol. The minimum absolute atomic E-state index is 0. The summed E-state index contributed by atoms with van der Waals surface area (Å²) in [5.74, 6) is 0. The molecule has 2 radical (unpaired) electrons. The zero-order valence-electron chi connectivity index (χ0n) is 18.2. The first-order valence-electron chi connectivity index (χ1n) is 9.04. The molecule has 7 N–H and O–H groups in total. The van der Waals surface area contributed by atoms with Crippen LogP contribution in [-0.2, 0) is 25.7 Å². The first-order valence-corrected chi connectivity index (χ1v) is 11.9. The molecule has 0 saturated heterocycles. The molecule has 0 aliphatic carbocycles. The van der Waals surface area contributed by atoms with Gasteiger partial charge in [-0.1, -0.05) is 18.2 Å². The van der Waals surface area contributed by atoms with Crippen molar-refractivity contribution in [2.45, 2.75) is 9.79 Å². The fourth-order valence-electron chi connectivity index (χ4n) is 3.08. The Kier molecular flexibility index (Phi) is 12.0. The van der Waals surface area contributed by atoms with Crippen LogP contribution in [0.25, 0.3) is 33.9 Å². The molecule has 0 unspecified atom stereocenters. The maximum atomic E-state index is 11.9. The second-order valence-electron chi connectivity index (χ2n) is 6.62. The molecule has 15 heteroatoms. The Morgan fingerprint density at radius 3 is 1.53 bits per heavy atom.